The van der Waals surface area contributed by atoms with Gasteiger partial charge in [0.15, 0.2) is 0 Å². The fraction of sp³-hybridized carbons (Fsp3) is 0. The van der Waals surface area contributed by atoms with Crippen LogP contribution in [0.15, 0.2) is 0 Å². The predicted molar refractivity (Wildman–Crippen MR) is 60.8 cm³/mol. The third-order valence-corrected chi connectivity index (χ3v) is 2.49. The number of hydrogen-bond donors (Lipinski definition) is 1. The van der Waals surface area contributed by atoms with Gasteiger partial charge in [0.25, 0.3) is 0 Å². The number of aromatic nitrogens is 2. The molecule has 0 atom stereocenters. The van der Waals surface area contributed by atoms with Crippen molar-refractivity contribution in [3.8, 4) is 30.3 Å². The summed E-state index contributed by atoms with van der Waals surface area (Å²) in [6.45, 7) is 0. The molecule has 86 valence electrons. The number of fused-ring (bicyclic) bond motifs is 1. The minimum absolute atomic E-state index is 0. The summed E-state index contributed by atoms with van der Waals surface area (Å²) in [4.78, 5) is 6.40. The first kappa shape index (κ1) is 14.8. The number of imidazole rings is 1. The van der Waals surface area contributed by atoms with Crippen LogP contribution in [-0.2, 0) is 0 Å². The molecule has 8 heteroatoms. The number of benzene rings is 1. The molecule has 0 aliphatic heterocycles. The average molecular weight is 251 g/mol. The first-order valence-corrected chi connectivity index (χ1v) is 4.82. The van der Waals surface area contributed by atoms with E-state index in [1.807, 2.05) is 0 Å². The zero-order chi connectivity index (χ0) is 14.0. The second-order valence-corrected chi connectivity index (χ2v) is 3.37. The molecule has 0 amide bonds. The van der Waals surface area contributed by atoms with Gasteiger partial charge in [-0.05, 0) is 0 Å². The van der Waals surface area contributed by atoms with Crippen LogP contribution in [0.3, 0.4) is 0 Å². The molecular weight excluding hydrogens is 249 g/mol. The molecule has 1 aromatic heterocycles. The zero-order valence-electron chi connectivity index (χ0n) is 11.2. The molecule has 1 heterocycles. The molecule has 0 radical (unpaired) electrons. The summed E-state index contributed by atoms with van der Waals surface area (Å²) in [5.41, 5.74) is -0.447. The Hall–Kier alpha value is -3.26. The van der Waals surface area contributed by atoms with Gasteiger partial charge in [-0.1, -0.05) is 0 Å². The van der Waals surface area contributed by atoms with Crippen LogP contribution in [0.4, 0.5) is 0 Å². The van der Waals surface area contributed by atoms with Crippen molar-refractivity contribution in [2.24, 2.45) is 0 Å². The first-order chi connectivity index (χ1) is 9.21. The Balaban J connectivity index is 0.00000200. The Labute approximate surface area is 126 Å². The minimum Gasteiger partial charge on any atom is -1.00 e. The summed E-state index contributed by atoms with van der Waals surface area (Å²) in [6.07, 6.45) is 0. The number of nitrogens with zero attached hydrogens (tertiary/aromatic N) is 6. The van der Waals surface area contributed by atoms with Crippen molar-refractivity contribution in [1.29, 1.82) is 26.3 Å². The monoisotopic (exact) mass is 251 g/mol. The van der Waals surface area contributed by atoms with E-state index in [0.717, 1.165) is 0 Å². The van der Waals surface area contributed by atoms with Gasteiger partial charge < -0.3 is 6.41 Å². The van der Waals surface area contributed by atoms with E-state index < -0.39 is 0 Å². The SMILES string of the molecule is N#Cc1nc2c(C#N)c(C#N)c(C#N)c(C#N)c2[nH]1.[H-].[Li+]. The molecular formula is C12H2LiN7. The van der Waals surface area contributed by atoms with Gasteiger partial charge in [0.2, 0.25) is 5.82 Å². The van der Waals surface area contributed by atoms with Gasteiger partial charge in [-0.2, -0.15) is 26.3 Å². The van der Waals surface area contributed by atoms with E-state index in [2.05, 4.69) is 9.97 Å². The quantitative estimate of drug-likeness (QED) is 0.537. The van der Waals surface area contributed by atoms with Crippen LogP contribution in [0.2, 0.25) is 0 Å². The number of rotatable bonds is 0. The maximum absolute atomic E-state index is 9.09. The molecule has 0 fully saturated rings. The van der Waals surface area contributed by atoms with E-state index in [4.69, 9.17) is 26.3 Å². The molecule has 2 rings (SSSR count). The Bertz CT molecular complexity index is 856. The normalized spacial score (nSPS) is 8.35. The topological polar surface area (TPSA) is 148 Å². The van der Waals surface area contributed by atoms with Crippen molar-refractivity contribution in [3.63, 3.8) is 0 Å². The van der Waals surface area contributed by atoms with E-state index in [1.54, 1.807) is 30.3 Å². The molecule has 1 aromatic carbocycles. The van der Waals surface area contributed by atoms with Crippen LogP contribution in [0.5, 0.6) is 0 Å². The second kappa shape index (κ2) is 5.59. The van der Waals surface area contributed by atoms with Gasteiger partial charge in [0, 0.05) is 0 Å². The van der Waals surface area contributed by atoms with Gasteiger partial charge in [-0.3, -0.25) is 0 Å². The van der Waals surface area contributed by atoms with Crippen LogP contribution in [-0.4, -0.2) is 9.97 Å². The van der Waals surface area contributed by atoms with Crippen molar-refractivity contribution in [2.45, 2.75) is 0 Å². The summed E-state index contributed by atoms with van der Waals surface area (Å²) < 4.78 is 0. The third kappa shape index (κ3) is 1.85. The summed E-state index contributed by atoms with van der Waals surface area (Å²) in [6, 6.07) is 8.77. The van der Waals surface area contributed by atoms with Crippen LogP contribution in [0.1, 0.15) is 29.5 Å². The second-order valence-electron chi connectivity index (χ2n) is 3.37. The molecule has 0 aliphatic carbocycles. The van der Waals surface area contributed by atoms with Gasteiger partial charge in [-0.25, -0.2) is 4.98 Å². The maximum Gasteiger partial charge on any atom is 1.00 e. The van der Waals surface area contributed by atoms with Gasteiger partial charge in [-0.15, -0.1) is 0 Å². The number of nitrogens with one attached hydrogen (secondary N) is 1. The van der Waals surface area contributed by atoms with E-state index >= 15 is 0 Å². The molecule has 0 spiro atoms. The first-order valence-electron chi connectivity index (χ1n) is 4.82. The van der Waals surface area contributed by atoms with Crippen molar-refractivity contribution in [2.75, 3.05) is 0 Å². The van der Waals surface area contributed by atoms with Crippen molar-refractivity contribution in [1.82, 2.24) is 9.97 Å². The summed E-state index contributed by atoms with van der Waals surface area (Å²) in [5, 5.41) is 45.0. The number of aromatic amines is 1. The molecule has 0 bridgehead atoms. The molecule has 7 nitrogen and oxygen atoms in total. The van der Waals surface area contributed by atoms with Crippen LogP contribution in [0, 0.1) is 56.7 Å². The fourth-order valence-electron chi connectivity index (χ4n) is 1.73. The maximum atomic E-state index is 9.09. The standard InChI is InChI=1S/C12HN7.Li.H/c13-1-6-7(2-14)9(4-16)12-11(8(6)3-15)18-10(5-17)19-12;;/h(H,18,19);;/q;+1;-1. The fourth-order valence-corrected chi connectivity index (χ4v) is 1.73. The Morgan fingerprint density at radius 2 is 1.25 bits per heavy atom. The largest absolute Gasteiger partial charge is 1.00 e. The minimum atomic E-state index is -0.204. The van der Waals surface area contributed by atoms with Crippen LogP contribution >= 0.6 is 0 Å². The van der Waals surface area contributed by atoms with E-state index in [9.17, 15) is 0 Å². The number of H-pyrrole nitrogens is 1. The number of nitriles is 5. The van der Waals surface area contributed by atoms with Crippen LogP contribution < -0.4 is 18.9 Å². The van der Waals surface area contributed by atoms with Gasteiger partial charge in [0.05, 0.1) is 27.8 Å². The van der Waals surface area contributed by atoms with E-state index in [0.29, 0.717) is 0 Å². The van der Waals surface area contributed by atoms with Crippen molar-refractivity contribution in [3.05, 3.63) is 28.1 Å². The van der Waals surface area contributed by atoms with Crippen LogP contribution in [0.25, 0.3) is 11.0 Å². The summed E-state index contributed by atoms with van der Waals surface area (Å²) in [5.74, 6) is -0.0954. The Morgan fingerprint density at radius 1 is 0.750 bits per heavy atom. The Kier molecular flexibility index (Phi) is 4.13. The summed E-state index contributed by atoms with van der Waals surface area (Å²) >= 11 is 0. The van der Waals surface area contributed by atoms with Gasteiger partial charge in [0.1, 0.15) is 35.9 Å². The molecule has 2 aromatic rings. The third-order valence-electron chi connectivity index (χ3n) is 2.49. The molecule has 0 unspecified atom stereocenters. The zero-order valence-corrected chi connectivity index (χ0v) is 10.2. The van der Waals surface area contributed by atoms with Gasteiger partial charge >= 0.3 is 18.9 Å². The molecule has 20 heavy (non-hydrogen) atoms. The smallest absolute Gasteiger partial charge is 1.00 e. The van der Waals surface area contributed by atoms with Crippen molar-refractivity contribution >= 4 is 11.0 Å². The van der Waals surface area contributed by atoms with Crippen molar-refractivity contribution < 1.29 is 20.3 Å². The van der Waals surface area contributed by atoms with E-state index in [1.165, 1.54) is 0 Å². The molecule has 0 saturated carbocycles. The summed E-state index contributed by atoms with van der Waals surface area (Å²) in [7, 11) is 0. The molecule has 0 saturated heterocycles. The van der Waals surface area contributed by atoms with E-state index in [-0.39, 0.29) is 59.4 Å². The Morgan fingerprint density at radius 3 is 1.70 bits per heavy atom. The predicted octanol–water partition coefficient (Wildman–Crippen LogP) is -1.96. The average Bonchev–Trinajstić information content (AvgIpc) is 2.87. The number of hydrogen-bond acceptors (Lipinski definition) is 6. The molecule has 1 N–H and O–H groups in total. The molecule has 0 aliphatic rings.